The molecule has 0 fully saturated rings. The minimum Gasteiger partial charge on any atom is -0.364 e. The number of alkyl halides is 3. The van der Waals surface area contributed by atoms with Crippen molar-refractivity contribution in [2.75, 3.05) is 6.54 Å². The van der Waals surface area contributed by atoms with Gasteiger partial charge in [0.05, 0.1) is 5.69 Å². The van der Waals surface area contributed by atoms with Crippen LogP contribution in [0.15, 0.2) is 42.6 Å². The number of amides is 1. The summed E-state index contributed by atoms with van der Waals surface area (Å²) in [6.45, 7) is 0.954. The van der Waals surface area contributed by atoms with Crippen LogP contribution in [0.4, 0.5) is 22.0 Å². The van der Waals surface area contributed by atoms with Crippen LogP contribution in [-0.2, 0) is 25.7 Å². The van der Waals surface area contributed by atoms with Gasteiger partial charge < -0.3 is 5.73 Å². The van der Waals surface area contributed by atoms with Gasteiger partial charge in [-0.15, -0.1) is 0 Å². The summed E-state index contributed by atoms with van der Waals surface area (Å²) in [5, 5.41) is 0. The summed E-state index contributed by atoms with van der Waals surface area (Å²) in [4.78, 5) is 21.3. The Labute approximate surface area is 179 Å². The fourth-order valence-corrected chi connectivity index (χ4v) is 3.76. The maximum atomic E-state index is 13.8. The molecule has 0 atom stereocenters. The fraction of sp³-hybridized carbons (Fsp3) is 0.227. The second-order valence-corrected chi connectivity index (χ2v) is 7.48. The Morgan fingerprint density at radius 1 is 1.09 bits per heavy atom. The Hall–Kier alpha value is -3.40. The summed E-state index contributed by atoms with van der Waals surface area (Å²) in [5.41, 5.74) is 6.99. The van der Waals surface area contributed by atoms with Gasteiger partial charge in [0, 0.05) is 25.8 Å². The van der Waals surface area contributed by atoms with Crippen molar-refractivity contribution in [3.05, 3.63) is 82.4 Å². The van der Waals surface area contributed by atoms with Gasteiger partial charge in [-0.3, -0.25) is 14.7 Å². The molecule has 4 rings (SSSR count). The predicted octanol–water partition coefficient (Wildman–Crippen LogP) is 4.10. The molecule has 1 aliphatic rings. The van der Waals surface area contributed by atoms with Crippen LogP contribution in [0.1, 0.15) is 33.0 Å². The molecule has 2 N–H and O–H groups in total. The van der Waals surface area contributed by atoms with Gasteiger partial charge in [-0.1, -0.05) is 6.07 Å². The van der Waals surface area contributed by atoms with E-state index in [1.54, 1.807) is 0 Å². The molecule has 1 aromatic carbocycles. The van der Waals surface area contributed by atoms with E-state index < -0.39 is 29.4 Å². The number of halogens is 5. The summed E-state index contributed by atoms with van der Waals surface area (Å²) in [6, 6.07) is 7.39. The second kappa shape index (κ2) is 8.27. The van der Waals surface area contributed by atoms with Crippen molar-refractivity contribution in [3.63, 3.8) is 0 Å². The van der Waals surface area contributed by atoms with Gasteiger partial charge in [-0.25, -0.2) is 13.8 Å². The maximum Gasteiger partial charge on any atom is 0.433 e. The van der Waals surface area contributed by atoms with Crippen molar-refractivity contribution in [1.82, 2.24) is 14.9 Å². The third-order valence-electron chi connectivity index (χ3n) is 5.27. The Bertz CT molecular complexity index is 1200. The molecule has 1 amide bonds. The van der Waals surface area contributed by atoms with Gasteiger partial charge in [-0.05, 0) is 59.0 Å². The first-order valence-electron chi connectivity index (χ1n) is 9.64. The third kappa shape index (κ3) is 4.45. The Morgan fingerprint density at radius 3 is 2.56 bits per heavy atom. The van der Waals surface area contributed by atoms with E-state index in [9.17, 15) is 26.7 Å². The Morgan fingerprint density at radius 2 is 1.88 bits per heavy atom. The van der Waals surface area contributed by atoms with Crippen LogP contribution in [0.5, 0.6) is 0 Å². The highest BCUT2D eigenvalue weighted by Crippen LogP contribution is 2.32. The number of fused-ring (bicyclic) bond motifs is 1. The molecular formula is C22H17F5N4O. The molecule has 0 saturated heterocycles. The number of pyridine rings is 2. The Kier molecular flexibility index (Phi) is 5.64. The third-order valence-corrected chi connectivity index (χ3v) is 5.27. The van der Waals surface area contributed by atoms with Gasteiger partial charge in [-0.2, -0.15) is 13.2 Å². The minimum atomic E-state index is -4.54. The van der Waals surface area contributed by atoms with Crippen LogP contribution in [0, 0.1) is 11.6 Å². The number of carbonyl (C=O) groups is 1. The molecule has 0 radical (unpaired) electrons. The van der Waals surface area contributed by atoms with Crippen LogP contribution >= 0.6 is 0 Å². The number of aromatic nitrogens is 2. The molecule has 0 bridgehead atoms. The average Bonchev–Trinajstić information content (AvgIpc) is 2.74. The summed E-state index contributed by atoms with van der Waals surface area (Å²) >= 11 is 0. The zero-order valence-corrected chi connectivity index (χ0v) is 16.6. The molecule has 32 heavy (non-hydrogen) atoms. The lowest BCUT2D eigenvalue weighted by molar-refractivity contribution is -0.141. The first-order valence-corrected chi connectivity index (χ1v) is 9.64. The van der Waals surface area contributed by atoms with E-state index in [2.05, 4.69) is 9.97 Å². The molecule has 166 valence electrons. The van der Waals surface area contributed by atoms with E-state index in [-0.39, 0.29) is 18.8 Å². The molecule has 0 aliphatic carbocycles. The number of primary amides is 1. The molecule has 0 spiro atoms. The molecule has 3 heterocycles. The van der Waals surface area contributed by atoms with Crippen molar-refractivity contribution in [2.45, 2.75) is 25.7 Å². The van der Waals surface area contributed by atoms with Crippen LogP contribution in [0.2, 0.25) is 0 Å². The second-order valence-electron chi connectivity index (χ2n) is 7.48. The van der Waals surface area contributed by atoms with Crippen LogP contribution < -0.4 is 5.73 Å². The molecule has 10 heteroatoms. The lowest BCUT2D eigenvalue weighted by Crippen LogP contribution is -2.32. The van der Waals surface area contributed by atoms with Crippen LogP contribution in [-0.4, -0.2) is 27.3 Å². The van der Waals surface area contributed by atoms with Gasteiger partial charge in [0.1, 0.15) is 11.4 Å². The zero-order valence-electron chi connectivity index (χ0n) is 16.6. The molecule has 5 nitrogen and oxygen atoms in total. The number of benzene rings is 1. The number of hydrogen-bond acceptors (Lipinski definition) is 4. The highest BCUT2D eigenvalue weighted by Gasteiger charge is 2.32. The predicted molar refractivity (Wildman–Crippen MR) is 105 cm³/mol. The van der Waals surface area contributed by atoms with E-state index in [1.807, 2.05) is 4.90 Å². The minimum absolute atomic E-state index is 0.0337. The van der Waals surface area contributed by atoms with Crippen molar-refractivity contribution in [3.8, 4) is 11.1 Å². The lowest BCUT2D eigenvalue weighted by Gasteiger charge is -2.30. The topological polar surface area (TPSA) is 72.1 Å². The number of nitrogens with two attached hydrogens (primary N) is 1. The van der Waals surface area contributed by atoms with E-state index in [4.69, 9.17) is 5.73 Å². The van der Waals surface area contributed by atoms with Crippen molar-refractivity contribution >= 4 is 5.91 Å². The molecular weight excluding hydrogens is 431 g/mol. The van der Waals surface area contributed by atoms with E-state index >= 15 is 0 Å². The van der Waals surface area contributed by atoms with E-state index in [0.717, 1.165) is 30.0 Å². The first kappa shape index (κ1) is 21.8. The van der Waals surface area contributed by atoms with Crippen molar-refractivity contribution < 1.29 is 26.7 Å². The SMILES string of the molecule is NC(=O)c1cc(-c2ccc(F)c(F)c2)c2c(n1)CN(Cc1ccnc(C(F)(F)F)c1)CC2. The smallest absolute Gasteiger partial charge is 0.364 e. The van der Waals surface area contributed by atoms with E-state index in [1.165, 1.54) is 18.2 Å². The van der Waals surface area contributed by atoms with E-state index in [0.29, 0.717) is 35.3 Å². The van der Waals surface area contributed by atoms with Gasteiger partial charge in [0.15, 0.2) is 11.6 Å². The summed E-state index contributed by atoms with van der Waals surface area (Å²) in [6.07, 6.45) is -2.98. The number of hydrogen-bond donors (Lipinski definition) is 1. The summed E-state index contributed by atoms with van der Waals surface area (Å²) in [7, 11) is 0. The fourth-order valence-electron chi connectivity index (χ4n) is 3.76. The summed E-state index contributed by atoms with van der Waals surface area (Å²) in [5.74, 6) is -2.80. The van der Waals surface area contributed by atoms with Crippen LogP contribution in [0.3, 0.4) is 0 Å². The summed E-state index contributed by atoms with van der Waals surface area (Å²) < 4.78 is 66.0. The van der Waals surface area contributed by atoms with Gasteiger partial charge in [0.2, 0.25) is 0 Å². The zero-order chi connectivity index (χ0) is 23.0. The molecule has 0 unspecified atom stereocenters. The van der Waals surface area contributed by atoms with Gasteiger partial charge >= 0.3 is 6.18 Å². The largest absolute Gasteiger partial charge is 0.433 e. The standard InChI is InChI=1S/C22H17F5N4O/c23-16-2-1-13(8-17(16)24)15-9-18(21(28)32)30-19-11-31(6-4-14(15)19)10-12-3-5-29-20(7-12)22(25,26)27/h1-3,5,7-9H,4,6,10-11H2,(H2,28,32). The average molecular weight is 448 g/mol. The molecule has 2 aromatic heterocycles. The molecule has 0 saturated carbocycles. The number of rotatable bonds is 4. The van der Waals surface area contributed by atoms with Crippen LogP contribution in [0.25, 0.3) is 11.1 Å². The molecule has 3 aromatic rings. The lowest BCUT2D eigenvalue weighted by atomic mass is 9.93. The first-order chi connectivity index (χ1) is 15.1. The number of carbonyl (C=O) groups excluding carboxylic acids is 1. The Balaban J connectivity index is 1.66. The highest BCUT2D eigenvalue weighted by atomic mass is 19.4. The van der Waals surface area contributed by atoms with Crippen molar-refractivity contribution in [1.29, 1.82) is 0 Å². The maximum absolute atomic E-state index is 13.8. The molecule has 1 aliphatic heterocycles. The van der Waals surface area contributed by atoms with Gasteiger partial charge in [0.25, 0.3) is 5.91 Å². The quantitative estimate of drug-likeness (QED) is 0.610. The normalized spacial score (nSPS) is 14.3. The number of nitrogens with zero attached hydrogens (tertiary/aromatic N) is 3. The van der Waals surface area contributed by atoms with Crippen molar-refractivity contribution in [2.24, 2.45) is 5.73 Å². The highest BCUT2D eigenvalue weighted by molar-refractivity contribution is 5.92. The monoisotopic (exact) mass is 448 g/mol.